The van der Waals surface area contributed by atoms with Crippen LogP contribution in [0.3, 0.4) is 0 Å². The van der Waals surface area contributed by atoms with Crippen molar-refractivity contribution >= 4 is 11.9 Å². The number of unbranched alkanes of at least 4 members (excludes halogenated alkanes) is 2. The second kappa shape index (κ2) is 9.36. The number of ether oxygens (including phenoxy) is 2. The Morgan fingerprint density at radius 3 is 2.64 bits per heavy atom. The molecular weight excluding hydrogens is 324 g/mol. The van der Waals surface area contributed by atoms with Crippen LogP contribution < -0.4 is 0 Å². The van der Waals surface area contributed by atoms with Crippen LogP contribution in [-0.4, -0.2) is 35.3 Å². The second-order valence-corrected chi connectivity index (χ2v) is 5.29. The maximum absolute atomic E-state index is 12.1. The van der Waals surface area contributed by atoms with Gasteiger partial charge in [0.15, 0.2) is 0 Å². The molecule has 0 amide bonds. The summed E-state index contributed by atoms with van der Waals surface area (Å²) < 4.78 is 15.0. The SMILES string of the molecule is C=CC(=O)OCCCCCOC(=O)c1cccc(-c2noc(C)n2)c1. The molecule has 0 saturated carbocycles. The first-order chi connectivity index (χ1) is 12.1. The summed E-state index contributed by atoms with van der Waals surface area (Å²) in [5.74, 6) is 0.0613. The zero-order valence-electron chi connectivity index (χ0n) is 14.1. The number of esters is 2. The molecule has 25 heavy (non-hydrogen) atoms. The predicted molar refractivity (Wildman–Crippen MR) is 89.8 cm³/mol. The van der Waals surface area contributed by atoms with E-state index in [0.29, 0.717) is 48.9 Å². The van der Waals surface area contributed by atoms with Gasteiger partial charge in [-0.25, -0.2) is 9.59 Å². The zero-order chi connectivity index (χ0) is 18.1. The summed E-state index contributed by atoms with van der Waals surface area (Å²) in [7, 11) is 0. The van der Waals surface area contributed by atoms with Gasteiger partial charge in [0.05, 0.1) is 18.8 Å². The monoisotopic (exact) mass is 344 g/mol. The van der Waals surface area contributed by atoms with Crippen LogP contribution in [0.25, 0.3) is 11.4 Å². The number of aryl methyl sites for hydroxylation is 1. The number of hydrogen-bond donors (Lipinski definition) is 0. The highest BCUT2D eigenvalue weighted by Crippen LogP contribution is 2.17. The molecule has 0 bridgehead atoms. The molecule has 1 aromatic heterocycles. The van der Waals surface area contributed by atoms with E-state index in [1.807, 2.05) is 0 Å². The minimum Gasteiger partial charge on any atom is -0.463 e. The van der Waals surface area contributed by atoms with Crippen molar-refractivity contribution in [3.8, 4) is 11.4 Å². The van der Waals surface area contributed by atoms with Gasteiger partial charge >= 0.3 is 11.9 Å². The fourth-order valence-corrected chi connectivity index (χ4v) is 2.06. The van der Waals surface area contributed by atoms with Crippen LogP contribution in [0, 0.1) is 6.92 Å². The van der Waals surface area contributed by atoms with Gasteiger partial charge in [-0.1, -0.05) is 23.9 Å². The summed E-state index contributed by atoms with van der Waals surface area (Å²) in [5, 5.41) is 3.83. The van der Waals surface area contributed by atoms with Gasteiger partial charge < -0.3 is 14.0 Å². The minimum absolute atomic E-state index is 0.305. The first-order valence-corrected chi connectivity index (χ1v) is 7.97. The van der Waals surface area contributed by atoms with E-state index < -0.39 is 11.9 Å². The Morgan fingerprint density at radius 1 is 1.20 bits per heavy atom. The number of benzene rings is 1. The summed E-state index contributed by atoms with van der Waals surface area (Å²) in [6.45, 7) is 5.66. The van der Waals surface area contributed by atoms with E-state index >= 15 is 0 Å². The molecule has 0 aliphatic rings. The molecule has 132 valence electrons. The second-order valence-electron chi connectivity index (χ2n) is 5.29. The number of carbonyl (C=O) groups is 2. The Bertz CT molecular complexity index is 739. The smallest absolute Gasteiger partial charge is 0.338 e. The number of carbonyl (C=O) groups excluding carboxylic acids is 2. The van der Waals surface area contributed by atoms with Crippen molar-refractivity contribution < 1.29 is 23.6 Å². The number of rotatable bonds is 9. The first-order valence-electron chi connectivity index (χ1n) is 7.97. The van der Waals surface area contributed by atoms with E-state index in [0.717, 1.165) is 12.5 Å². The highest BCUT2D eigenvalue weighted by molar-refractivity contribution is 5.90. The van der Waals surface area contributed by atoms with E-state index in [4.69, 9.17) is 14.0 Å². The molecule has 1 aromatic carbocycles. The molecule has 2 aromatic rings. The van der Waals surface area contributed by atoms with Crippen LogP contribution >= 0.6 is 0 Å². The van der Waals surface area contributed by atoms with Gasteiger partial charge in [0.1, 0.15) is 0 Å². The maximum Gasteiger partial charge on any atom is 0.338 e. The third-order valence-corrected chi connectivity index (χ3v) is 3.32. The van der Waals surface area contributed by atoms with E-state index in [1.165, 1.54) is 0 Å². The van der Waals surface area contributed by atoms with Crippen molar-refractivity contribution in [1.29, 1.82) is 0 Å². The Hall–Kier alpha value is -2.96. The molecule has 0 atom stereocenters. The van der Waals surface area contributed by atoms with Gasteiger partial charge in [-0.2, -0.15) is 4.98 Å². The summed E-state index contributed by atoms with van der Waals surface area (Å²) in [5.41, 5.74) is 1.12. The molecule has 7 heteroatoms. The van der Waals surface area contributed by atoms with Crippen LogP contribution in [0.4, 0.5) is 0 Å². The summed E-state index contributed by atoms with van der Waals surface area (Å²) in [4.78, 5) is 27.1. The van der Waals surface area contributed by atoms with E-state index in [2.05, 4.69) is 16.7 Å². The van der Waals surface area contributed by atoms with Crippen LogP contribution in [0.15, 0.2) is 41.4 Å². The van der Waals surface area contributed by atoms with E-state index in [-0.39, 0.29) is 0 Å². The number of aromatic nitrogens is 2. The lowest BCUT2D eigenvalue weighted by Gasteiger charge is -2.06. The van der Waals surface area contributed by atoms with Crippen LogP contribution in [0.2, 0.25) is 0 Å². The Balaban J connectivity index is 1.74. The highest BCUT2D eigenvalue weighted by atomic mass is 16.5. The minimum atomic E-state index is -0.428. The maximum atomic E-state index is 12.1. The third kappa shape index (κ3) is 5.87. The van der Waals surface area contributed by atoms with Crippen molar-refractivity contribution in [3.63, 3.8) is 0 Å². The molecule has 0 aliphatic heterocycles. The Labute approximate surface area is 145 Å². The molecule has 0 N–H and O–H groups in total. The molecule has 2 rings (SSSR count). The standard InChI is InChI=1S/C18H20N2O5/c1-3-16(21)23-10-5-4-6-11-24-18(22)15-9-7-8-14(12-15)17-19-13(2)25-20-17/h3,7-9,12H,1,4-6,10-11H2,2H3. The largest absolute Gasteiger partial charge is 0.463 e. The van der Waals surface area contributed by atoms with E-state index in [1.54, 1.807) is 31.2 Å². The number of nitrogens with zero attached hydrogens (tertiary/aromatic N) is 2. The van der Waals surface area contributed by atoms with Gasteiger partial charge in [0.25, 0.3) is 0 Å². The van der Waals surface area contributed by atoms with Gasteiger partial charge in [-0.3, -0.25) is 0 Å². The summed E-state index contributed by atoms with van der Waals surface area (Å²) in [6, 6.07) is 6.88. The first kappa shape index (κ1) is 18.4. The third-order valence-electron chi connectivity index (χ3n) is 3.32. The normalized spacial score (nSPS) is 10.3. The molecule has 0 radical (unpaired) electrons. The highest BCUT2D eigenvalue weighted by Gasteiger charge is 2.11. The van der Waals surface area contributed by atoms with Crippen LogP contribution in [-0.2, 0) is 14.3 Å². The van der Waals surface area contributed by atoms with Crippen molar-refractivity contribution in [1.82, 2.24) is 10.1 Å². The zero-order valence-corrected chi connectivity index (χ0v) is 14.1. The van der Waals surface area contributed by atoms with Gasteiger partial charge in [-0.15, -0.1) is 0 Å². The van der Waals surface area contributed by atoms with Crippen molar-refractivity contribution in [2.45, 2.75) is 26.2 Å². The lowest BCUT2D eigenvalue weighted by Crippen LogP contribution is -2.07. The van der Waals surface area contributed by atoms with Crippen molar-refractivity contribution in [2.24, 2.45) is 0 Å². The topological polar surface area (TPSA) is 91.5 Å². The lowest BCUT2D eigenvalue weighted by atomic mass is 10.1. The molecule has 0 saturated heterocycles. The average Bonchev–Trinajstić information content (AvgIpc) is 3.07. The van der Waals surface area contributed by atoms with E-state index in [9.17, 15) is 9.59 Å². The lowest BCUT2D eigenvalue weighted by molar-refractivity contribution is -0.137. The van der Waals surface area contributed by atoms with Crippen molar-refractivity contribution in [3.05, 3.63) is 48.4 Å². The molecular formula is C18H20N2O5. The van der Waals surface area contributed by atoms with Crippen molar-refractivity contribution in [2.75, 3.05) is 13.2 Å². The molecule has 7 nitrogen and oxygen atoms in total. The molecule has 0 unspecified atom stereocenters. The fraction of sp³-hybridized carbons (Fsp3) is 0.333. The van der Waals surface area contributed by atoms with Crippen LogP contribution in [0.1, 0.15) is 35.5 Å². The number of hydrogen-bond acceptors (Lipinski definition) is 7. The summed E-state index contributed by atoms with van der Waals surface area (Å²) in [6.07, 6.45) is 3.33. The van der Waals surface area contributed by atoms with Gasteiger partial charge in [-0.05, 0) is 31.4 Å². The quantitative estimate of drug-likeness (QED) is 0.392. The fourth-order valence-electron chi connectivity index (χ4n) is 2.06. The predicted octanol–water partition coefficient (Wildman–Crippen LogP) is 3.10. The van der Waals surface area contributed by atoms with Gasteiger partial charge in [0.2, 0.25) is 11.7 Å². The Kier molecular flexibility index (Phi) is 6.88. The molecule has 0 spiro atoms. The average molecular weight is 344 g/mol. The Morgan fingerprint density at radius 2 is 1.96 bits per heavy atom. The molecule has 1 heterocycles. The molecule has 0 aliphatic carbocycles. The molecule has 0 fully saturated rings. The van der Waals surface area contributed by atoms with Gasteiger partial charge in [0, 0.05) is 18.6 Å². The summed E-state index contributed by atoms with van der Waals surface area (Å²) >= 11 is 0. The van der Waals surface area contributed by atoms with Crippen LogP contribution in [0.5, 0.6) is 0 Å².